The van der Waals surface area contributed by atoms with Crippen molar-refractivity contribution in [2.75, 3.05) is 26.2 Å². The maximum absolute atomic E-state index is 12.1. The largest absolute Gasteiger partial charge is 0.390 e. The topological polar surface area (TPSA) is 15.3 Å². The molecule has 0 amide bonds. The minimum Gasteiger partial charge on any atom is -0.310 e. The number of alkyl halides is 3. The zero-order valence-electron chi connectivity index (χ0n) is 10.0. The van der Waals surface area contributed by atoms with Gasteiger partial charge in [0.1, 0.15) is 0 Å². The van der Waals surface area contributed by atoms with Gasteiger partial charge in [-0.15, -0.1) is 0 Å². The van der Waals surface area contributed by atoms with Crippen molar-refractivity contribution >= 4 is 0 Å². The van der Waals surface area contributed by atoms with E-state index < -0.39 is 12.6 Å². The first-order valence-corrected chi connectivity index (χ1v) is 5.89. The lowest BCUT2D eigenvalue weighted by Gasteiger charge is -2.32. The van der Waals surface area contributed by atoms with E-state index in [1.54, 1.807) is 0 Å². The normalized spacial score (nSPS) is 29.1. The third-order valence-electron chi connectivity index (χ3n) is 3.27. The van der Waals surface area contributed by atoms with E-state index in [1.807, 2.05) is 4.90 Å². The molecule has 1 rings (SSSR count). The lowest BCUT2D eigenvalue weighted by Crippen LogP contribution is -2.48. The second kappa shape index (κ2) is 5.36. The summed E-state index contributed by atoms with van der Waals surface area (Å²) < 4.78 is 36.4. The number of hydrogen-bond donors (Lipinski definition) is 1. The van der Waals surface area contributed by atoms with Crippen molar-refractivity contribution in [1.82, 2.24) is 10.2 Å². The summed E-state index contributed by atoms with van der Waals surface area (Å²) in [6.07, 6.45) is -2.88. The van der Waals surface area contributed by atoms with Gasteiger partial charge in [-0.05, 0) is 32.9 Å². The summed E-state index contributed by atoms with van der Waals surface area (Å²) in [5.74, 6) is 0. The molecule has 0 aliphatic carbocycles. The Kier molecular flexibility index (Phi) is 4.62. The second-order valence-corrected chi connectivity index (χ2v) is 4.84. The monoisotopic (exact) mass is 238 g/mol. The number of hydrogen-bond acceptors (Lipinski definition) is 2. The Morgan fingerprint density at radius 2 is 2.06 bits per heavy atom. The van der Waals surface area contributed by atoms with Crippen LogP contribution in [0.4, 0.5) is 13.2 Å². The highest BCUT2D eigenvalue weighted by Crippen LogP contribution is 2.21. The van der Waals surface area contributed by atoms with E-state index in [2.05, 4.69) is 19.2 Å². The van der Waals surface area contributed by atoms with Gasteiger partial charge in [0.25, 0.3) is 0 Å². The summed E-state index contributed by atoms with van der Waals surface area (Å²) in [7, 11) is 0. The molecule has 0 aromatic heterocycles. The molecule has 1 unspecified atom stereocenters. The quantitative estimate of drug-likeness (QED) is 0.812. The van der Waals surface area contributed by atoms with Gasteiger partial charge in [-0.1, -0.05) is 6.92 Å². The molecule has 0 radical (unpaired) electrons. The third kappa shape index (κ3) is 4.70. The number of rotatable bonds is 3. The van der Waals surface area contributed by atoms with E-state index in [1.165, 1.54) is 0 Å². The smallest absolute Gasteiger partial charge is 0.310 e. The summed E-state index contributed by atoms with van der Waals surface area (Å²) in [5.41, 5.74) is -0.0396. The Labute approximate surface area is 95.2 Å². The van der Waals surface area contributed by atoms with E-state index in [9.17, 15) is 13.2 Å². The Balaban J connectivity index is 2.46. The van der Waals surface area contributed by atoms with Crippen molar-refractivity contribution in [2.45, 2.75) is 44.8 Å². The maximum Gasteiger partial charge on any atom is 0.390 e. The maximum atomic E-state index is 12.1. The van der Waals surface area contributed by atoms with Gasteiger partial charge in [-0.25, -0.2) is 0 Å². The number of nitrogens with zero attached hydrogens (tertiary/aromatic N) is 1. The van der Waals surface area contributed by atoms with E-state index >= 15 is 0 Å². The number of nitrogens with one attached hydrogen (secondary N) is 1. The van der Waals surface area contributed by atoms with Crippen LogP contribution in [-0.4, -0.2) is 42.8 Å². The fourth-order valence-electron chi connectivity index (χ4n) is 2.03. The fourth-order valence-corrected chi connectivity index (χ4v) is 2.03. The van der Waals surface area contributed by atoms with Crippen molar-refractivity contribution in [3.8, 4) is 0 Å². The lowest BCUT2D eigenvalue weighted by atomic mass is 9.98. The Morgan fingerprint density at radius 1 is 1.38 bits per heavy atom. The molecular formula is C11H21F3N2. The van der Waals surface area contributed by atoms with Gasteiger partial charge < -0.3 is 10.2 Å². The second-order valence-electron chi connectivity index (χ2n) is 4.84. The predicted molar refractivity (Wildman–Crippen MR) is 58.4 cm³/mol. The molecule has 0 bridgehead atoms. The molecule has 5 heteroatoms. The number of halogens is 3. The average Bonchev–Trinajstić information content (AvgIpc) is 2.37. The van der Waals surface area contributed by atoms with Gasteiger partial charge in [0, 0.05) is 18.6 Å². The molecule has 0 saturated carbocycles. The van der Waals surface area contributed by atoms with Crippen LogP contribution in [0.25, 0.3) is 0 Å². The van der Waals surface area contributed by atoms with Crippen LogP contribution in [0, 0.1) is 0 Å². The van der Waals surface area contributed by atoms with Crippen molar-refractivity contribution in [2.24, 2.45) is 0 Å². The SMILES string of the molecule is CCC1(C)CN(CCC(F)(F)F)CCCN1. The zero-order valence-corrected chi connectivity index (χ0v) is 10.0. The molecule has 1 aliphatic rings. The highest BCUT2D eigenvalue weighted by atomic mass is 19.4. The molecule has 0 aromatic carbocycles. The lowest BCUT2D eigenvalue weighted by molar-refractivity contribution is -0.138. The molecule has 1 heterocycles. The summed E-state index contributed by atoms with van der Waals surface area (Å²) >= 11 is 0. The van der Waals surface area contributed by atoms with Crippen molar-refractivity contribution in [3.63, 3.8) is 0 Å². The van der Waals surface area contributed by atoms with Crippen LogP contribution < -0.4 is 5.32 Å². The highest BCUT2D eigenvalue weighted by molar-refractivity contribution is 4.88. The van der Waals surface area contributed by atoms with Crippen LogP contribution in [0.2, 0.25) is 0 Å². The average molecular weight is 238 g/mol. The molecule has 96 valence electrons. The Hall–Kier alpha value is -0.290. The first-order chi connectivity index (χ1) is 7.35. The van der Waals surface area contributed by atoms with Gasteiger partial charge in [0.15, 0.2) is 0 Å². The van der Waals surface area contributed by atoms with Gasteiger partial charge in [0.05, 0.1) is 6.42 Å². The predicted octanol–water partition coefficient (Wildman–Crippen LogP) is 2.40. The first-order valence-electron chi connectivity index (χ1n) is 5.89. The van der Waals surface area contributed by atoms with Crippen LogP contribution in [0.15, 0.2) is 0 Å². The van der Waals surface area contributed by atoms with E-state index in [-0.39, 0.29) is 12.1 Å². The van der Waals surface area contributed by atoms with Gasteiger partial charge >= 0.3 is 6.18 Å². The van der Waals surface area contributed by atoms with Crippen LogP contribution in [0.3, 0.4) is 0 Å². The Bertz CT molecular complexity index is 218. The minimum absolute atomic E-state index is 0.0396. The summed E-state index contributed by atoms with van der Waals surface area (Å²) in [5, 5.41) is 3.41. The van der Waals surface area contributed by atoms with E-state index in [0.717, 1.165) is 25.9 Å². The molecule has 1 fully saturated rings. The van der Waals surface area contributed by atoms with E-state index in [0.29, 0.717) is 6.54 Å². The zero-order chi connectivity index (χ0) is 12.2. The summed E-state index contributed by atoms with van der Waals surface area (Å²) in [4.78, 5) is 1.93. The molecule has 16 heavy (non-hydrogen) atoms. The third-order valence-corrected chi connectivity index (χ3v) is 3.27. The van der Waals surface area contributed by atoms with Crippen LogP contribution in [0.1, 0.15) is 33.1 Å². The minimum atomic E-state index is -4.04. The Morgan fingerprint density at radius 3 is 2.62 bits per heavy atom. The van der Waals surface area contributed by atoms with Gasteiger partial charge in [-0.3, -0.25) is 0 Å². The molecule has 1 saturated heterocycles. The van der Waals surface area contributed by atoms with Crippen LogP contribution in [-0.2, 0) is 0 Å². The van der Waals surface area contributed by atoms with Crippen molar-refractivity contribution < 1.29 is 13.2 Å². The standard InChI is InChI=1S/C11H21F3N2/c1-3-10(2)9-16(7-4-6-15-10)8-5-11(12,13)14/h15H,3-9H2,1-2H3. The summed E-state index contributed by atoms with van der Waals surface area (Å²) in [6.45, 7) is 6.64. The molecule has 1 N–H and O–H groups in total. The first kappa shape index (κ1) is 13.8. The molecule has 0 aromatic rings. The molecule has 0 spiro atoms. The van der Waals surface area contributed by atoms with Crippen LogP contribution >= 0.6 is 0 Å². The van der Waals surface area contributed by atoms with Crippen molar-refractivity contribution in [3.05, 3.63) is 0 Å². The van der Waals surface area contributed by atoms with Gasteiger partial charge in [0.2, 0.25) is 0 Å². The summed E-state index contributed by atoms with van der Waals surface area (Å²) in [6, 6.07) is 0. The molecule has 1 atom stereocenters. The molecular weight excluding hydrogens is 217 g/mol. The van der Waals surface area contributed by atoms with Gasteiger partial charge in [-0.2, -0.15) is 13.2 Å². The fraction of sp³-hybridized carbons (Fsp3) is 1.00. The highest BCUT2D eigenvalue weighted by Gasteiger charge is 2.31. The van der Waals surface area contributed by atoms with Crippen LogP contribution in [0.5, 0.6) is 0 Å². The molecule has 1 aliphatic heterocycles. The van der Waals surface area contributed by atoms with Crippen molar-refractivity contribution in [1.29, 1.82) is 0 Å². The van der Waals surface area contributed by atoms with E-state index in [4.69, 9.17) is 0 Å². The molecule has 2 nitrogen and oxygen atoms in total.